The Balaban J connectivity index is 1.41. The van der Waals surface area contributed by atoms with E-state index in [9.17, 15) is 9.59 Å². The number of carbonyl (C=O) groups is 2. The molecule has 0 aliphatic rings. The number of pyridine rings is 1. The maximum Gasteiger partial charge on any atom is 0.253 e. The summed E-state index contributed by atoms with van der Waals surface area (Å²) < 4.78 is 1.78. The molecule has 159 valence electrons. The van der Waals surface area contributed by atoms with Gasteiger partial charge >= 0.3 is 0 Å². The van der Waals surface area contributed by atoms with E-state index in [1.807, 2.05) is 49.9 Å². The highest BCUT2D eigenvalue weighted by molar-refractivity contribution is 7.14. The van der Waals surface area contributed by atoms with Gasteiger partial charge in [0.25, 0.3) is 5.91 Å². The van der Waals surface area contributed by atoms with Gasteiger partial charge in [0.05, 0.1) is 17.8 Å². The van der Waals surface area contributed by atoms with E-state index in [1.54, 1.807) is 42.4 Å². The number of hydrogen-bond donors (Lipinski definition) is 1. The van der Waals surface area contributed by atoms with E-state index in [1.165, 1.54) is 16.2 Å². The highest BCUT2D eigenvalue weighted by Crippen LogP contribution is 2.29. The molecule has 1 aromatic carbocycles. The van der Waals surface area contributed by atoms with E-state index in [4.69, 9.17) is 0 Å². The second-order valence-corrected chi connectivity index (χ2v) is 7.91. The lowest BCUT2D eigenvalue weighted by molar-refractivity contribution is -0.117. The van der Waals surface area contributed by atoms with Crippen LogP contribution in [-0.2, 0) is 4.79 Å². The van der Waals surface area contributed by atoms with Crippen LogP contribution in [0.25, 0.3) is 22.4 Å². The number of nitrogens with zero attached hydrogens (tertiary/aromatic N) is 4. The number of amides is 2. The molecule has 4 aromatic rings. The Bertz CT molecular complexity index is 1240. The van der Waals surface area contributed by atoms with Crippen LogP contribution in [-0.4, -0.2) is 47.3 Å². The zero-order valence-electron chi connectivity index (χ0n) is 17.7. The lowest BCUT2D eigenvalue weighted by Gasteiger charge is -2.14. The maximum absolute atomic E-state index is 12.6. The van der Waals surface area contributed by atoms with E-state index in [0.29, 0.717) is 10.7 Å². The lowest BCUT2D eigenvalue weighted by atomic mass is 10.0. The van der Waals surface area contributed by atoms with Crippen molar-refractivity contribution < 1.29 is 9.59 Å². The first-order valence-electron chi connectivity index (χ1n) is 10.0. The zero-order valence-corrected chi connectivity index (χ0v) is 18.5. The van der Waals surface area contributed by atoms with Crippen molar-refractivity contribution in [2.75, 3.05) is 18.5 Å². The van der Waals surface area contributed by atoms with Gasteiger partial charge in [-0.1, -0.05) is 25.0 Å². The van der Waals surface area contributed by atoms with Gasteiger partial charge in [-0.3, -0.25) is 19.5 Å². The van der Waals surface area contributed by atoms with Crippen molar-refractivity contribution in [1.29, 1.82) is 0 Å². The fourth-order valence-electron chi connectivity index (χ4n) is 3.14. The number of anilines is 1. The summed E-state index contributed by atoms with van der Waals surface area (Å²) in [5.41, 5.74) is 4.41. The van der Waals surface area contributed by atoms with Gasteiger partial charge in [0.1, 0.15) is 0 Å². The fourth-order valence-corrected chi connectivity index (χ4v) is 3.96. The third-order valence-electron chi connectivity index (χ3n) is 5.00. The standard InChI is InChI=1S/C23H21BN5O2S/c1-24-29-11-8-19(14-29)22(31)26-13-21(30)28(2)23-27-20(15-32-23)18-5-3-4-17(12-18)16-6-9-25-10-7-16/h3-12,14-15H,13H2,1-2H3,(H,26,31). The van der Waals surface area contributed by atoms with E-state index in [2.05, 4.69) is 21.4 Å². The molecule has 7 nitrogen and oxygen atoms in total. The number of benzene rings is 1. The van der Waals surface area contributed by atoms with Gasteiger partial charge in [-0.2, -0.15) is 0 Å². The number of rotatable bonds is 7. The molecular formula is C23H21BN5O2S. The molecule has 0 saturated carbocycles. The number of hydrogen-bond acceptors (Lipinski definition) is 5. The minimum Gasteiger partial charge on any atom is -0.402 e. The number of thiazole rings is 1. The topological polar surface area (TPSA) is 80.1 Å². The van der Waals surface area contributed by atoms with Gasteiger partial charge in [0.2, 0.25) is 13.3 Å². The molecule has 0 unspecified atom stereocenters. The summed E-state index contributed by atoms with van der Waals surface area (Å²) in [4.78, 5) is 35.0. The molecule has 0 atom stereocenters. The van der Waals surface area contributed by atoms with Crippen LogP contribution >= 0.6 is 11.3 Å². The van der Waals surface area contributed by atoms with Crippen molar-refractivity contribution >= 4 is 35.7 Å². The number of aromatic nitrogens is 3. The van der Waals surface area contributed by atoms with Crippen molar-refractivity contribution in [3.05, 3.63) is 78.2 Å². The third kappa shape index (κ3) is 4.78. The molecule has 0 aliphatic carbocycles. The Morgan fingerprint density at radius 2 is 1.91 bits per heavy atom. The van der Waals surface area contributed by atoms with E-state index < -0.39 is 0 Å². The summed E-state index contributed by atoms with van der Waals surface area (Å²) in [7, 11) is 3.50. The zero-order chi connectivity index (χ0) is 22.5. The third-order valence-corrected chi connectivity index (χ3v) is 5.92. The van der Waals surface area contributed by atoms with Crippen LogP contribution in [0.3, 0.4) is 0 Å². The van der Waals surface area contributed by atoms with Gasteiger partial charge in [-0.25, -0.2) is 4.98 Å². The SMILES string of the molecule is C[B]n1ccc(C(=O)NCC(=O)N(C)c2nc(-c3cccc(-c4ccncc4)c3)cs2)c1. The van der Waals surface area contributed by atoms with Crippen LogP contribution in [0.1, 0.15) is 10.4 Å². The van der Waals surface area contributed by atoms with Crippen LogP contribution in [0.4, 0.5) is 5.13 Å². The molecule has 1 radical (unpaired) electrons. The van der Waals surface area contributed by atoms with Crippen LogP contribution in [0.15, 0.2) is 72.6 Å². The monoisotopic (exact) mass is 442 g/mol. The minimum absolute atomic E-state index is 0.108. The van der Waals surface area contributed by atoms with Crippen LogP contribution < -0.4 is 10.2 Å². The predicted molar refractivity (Wildman–Crippen MR) is 128 cm³/mol. The molecule has 1 N–H and O–H groups in total. The van der Waals surface area contributed by atoms with Gasteiger partial charge in [-0.05, 0) is 41.6 Å². The molecule has 9 heteroatoms. The van der Waals surface area contributed by atoms with Gasteiger partial charge in [0, 0.05) is 36.6 Å². The fraction of sp³-hybridized carbons (Fsp3) is 0.130. The predicted octanol–water partition coefficient (Wildman–Crippen LogP) is 3.58. The van der Waals surface area contributed by atoms with Crippen molar-refractivity contribution in [3.63, 3.8) is 0 Å². The van der Waals surface area contributed by atoms with E-state index in [0.717, 1.165) is 22.4 Å². The van der Waals surface area contributed by atoms with Crippen molar-refractivity contribution in [2.24, 2.45) is 0 Å². The molecule has 32 heavy (non-hydrogen) atoms. The number of nitrogens with one attached hydrogen (secondary N) is 1. The molecule has 4 rings (SSSR count). The molecular weight excluding hydrogens is 421 g/mol. The first kappa shape index (κ1) is 21.5. The summed E-state index contributed by atoms with van der Waals surface area (Å²) in [6.45, 7) is 1.76. The molecule has 0 spiro atoms. The summed E-state index contributed by atoms with van der Waals surface area (Å²) in [5, 5.41) is 5.16. The van der Waals surface area contributed by atoms with Crippen molar-refractivity contribution in [1.82, 2.24) is 19.8 Å². The molecule has 3 heterocycles. The van der Waals surface area contributed by atoms with Crippen molar-refractivity contribution in [3.8, 4) is 22.4 Å². The molecule has 0 fully saturated rings. The van der Waals surface area contributed by atoms with Gasteiger partial charge in [-0.15, -0.1) is 11.3 Å². The largest absolute Gasteiger partial charge is 0.402 e. The molecule has 0 saturated heterocycles. The second-order valence-electron chi connectivity index (χ2n) is 7.07. The molecule has 0 aliphatic heterocycles. The molecule has 2 amide bonds. The van der Waals surface area contributed by atoms with Crippen LogP contribution in [0.5, 0.6) is 0 Å². The average Bonchev–Trinajstić information content (AvgIpc) is 3.53. The Morgan fingerprint density at radius 1 is 1.12 bits per heavy atom. The minimum atomic E-state index is -0.292. The Kier molecular flexibility index (Phi) is 6.46. The first-order chi connectivity index (χ1) is 15.5. The molecule has 0 bridgehead atoms. The average molecular weight is 442 g/mol. The second kappa shape index (κ2) is 9.61. The van der Waals surface area contributed by atoms with Gasteiger partial charge in [0.15, 0.2) is 5.13 Å². The summed E-state index contributed by atoms with van der Waals surface area (Å²) >= 11 is 1.38. The lowest BCUT2D eigenvalue weighted by Crippen LogP contribution is -2.38. The summed E-state index contributed by atoms with van der Waals surface area (Å²) in [6.07, 6.45) is 7.01. The highest BCUT2D eigenvalue weighted by atomic mass is 32.1. The van der Waals surface area contributed by atoms with Gasteiger partial charge < -0.3 is 9.79 Å². The quantitative estimate of drug-likeness (QED) is 0.444. The van der Waals surface area contributed by atoms with Crippen molar-refractivity contribution in [2.45, 2.75) is 6.82 Å². The molecule has 3 aromatic heterocycles. The Morgan fingerprint density at radius 3 is 2.66 bits per heavy atom. The number of carbonyl (C=O) groups excluding carboxylic acids is 2. The summed E-state index contributed by atoms with van der Waals surface area (Å²) in [5.74, 6) is -0.536. The highest BCUT2D eigenvalue weighted by Gasteiger charge is 2.17. The summed E-state index contributed by atoms with van der Waals surface area (Å²) in [6, 6.07) is 13.7. The normalized spacial score (nSPS) is 10.6. The van der Waals surface area contributed by atoms with Crippen LogP contribution in [0.2, 0.25) is 6.82 Å². The van der Waals surface area contributed by atoms with E-state index in [-0.39, 0.29) is 18.4 Å². The van der Waals surface area contributed by atoms with E-state index >= 15 is 0 Å². The maximum atomic E-state index is 12.6. The Labute approximate surface area is 191 Å². The number of likely N-dealkylation sites (N-methyl/N-ethyl adjacent to an activating group) is 1. The first-order valence-corrected chi connectivity index (χ1v) is 10.9. The van der Waals surface area contributed by atoms with Crippen LogP contribution in [0, 0.1) is 0 Å². The smallest absolute Gasteiger partial charge is 0.253 e. The Hall–Kier alpha value is -3.72.